The fourth-order valence-corrected chi connectivity index (χ4v) is 2.23. The summed E-state index contributed by atoms with van der Waals surface area (Å²) in [6.07, 6.45) is 3.58. The molecule has 2 rings (SSSR count). The first-order valence-corrected chi connectivity index (χ1v) is 6.53. The van der Waals surface area contributed by atoms with Crippen LogP contribution in [0.15, 0.2) is 41.1 Å². The van der Waals surface area contributed by atoms with Crippen LogP contribution < -0.4 is 5.32 Å². The van der Waals surface area contributed by atoms with Crippen molar-refractivity contribution in [1.82, 2.24) is 4.98 Å². The number of halogens is 1. The molecule has 0 radical (unpaired) electrons. The highest BCUT2D eigenvalue weighted by atomic mass is 79.9. The van der Waals surface area contributed by atoms with E-state index in [2.05, 4.69) is 26.2 Å². The van der Waals surface area contributed by atoms with Crippen LogP contribution >= 0.6 is 15.9 Å². The fourth-order valence-electron chi connectivity index (χ4n) is 1.68. The lowest BCUT2D eigenvalue weighted by molar-refractivity contribution is 0.0696. The molecule has 0 amide bonds. The Morgan fingerprint density at radius 2 is 2.21 bits per heavy atom. The van der Waals surface area contributed by atoms with Gasteiger partial charge in [-0.25, -0.2) is 4.79 Å². The fraction of sp³-hybridized carbons (Fsp3) is 0.143. The van der Waals surface area contributed by atoms with E-state index in [0.717, 1.165) is 11.3 Å². The van der Waals surface area contributed by atoms with Crippen molar-refractivity contribution < 1.29 is 9.90 Å². The summed E-state index contributed by atoms with van der Waals surface area (Å²) in [6.45, 7) is 2.68. The van der Waals surface area contributed by atoms with Crippen molar-refractivity contribution in [3.05, 3.63) is 57.8 Å². The normalized spacial score (nSPS) is 10.2. The first-order chi connectivity index (χ1) is 9.08. The summed E-state index contributed by atoms with van der Waals surface area (Å²) in [5, 5.41) is 12.2. The summed E-state index contributed by atoms with van der Waals surface area (Å²) >= 11 is 3.26. The van der Waals surface area contributed by atoms with E-state index in [1.54, 1.807) is 24.4 Å². The van der Waals surface area contributed by atoms with E-state index < -0.39 is 5.97 Å². The van der Waals surface area contributed by atoms with Gasteiger partial charge in [-0.05, 0) is 58.2 Å². The van der Waals surface area contributed by atoms with Crippen LogP contribution in [0.3, 0.4) is 0 Å². The zero-order valence-corrected chi connectivity index (χ0v) is 11.9. The summed E-state index contributed by atoms with van der Waals surface area (Å²) in [7, 11) is 0. The molecule has 0 aliphatic carbocycles. The maximum atomic E-state index is 10.9. The summed E-state index contributed by atoms with van der Waals surface area (Å²) in [6, 6.07) is 7.04. The molecule has 0 fully saturated rings. The number of carbonyl (C=O) groups is 1. The van der Waals surface area contributed by atoms with Gasteiger partial charge in [-0.2, -0.15) is 0 Å². The lowest BCUT2D eigenvalue weighted by Crippen LogP contribution is -2.03. The molecule has 0 aliphatic rings. The zero-order chi connectivity index (χ0) is 13.8. The van der Waals surface area contributed by atoms with Gasteiger partial charge in [-0.15, -0.1) is 0 Å². The van der Waals surface area contributed by atoms with Gasteiger partial charge in [0.1, 0.15) is 0 Å². The molecule has 0 saturated carbocycles. The Balaban J connectivity index is 2.11. The standard InChI is InChI=1S/C14H13BrN2O2/c1-9-4-5-16-7-10(9)8-17-11-2-3-12(14(18)19)13(15)6-11/h2-7,17H,8H2,1H3,(H,18,19). The minimum absolute atomic E-state index is 0.253. The summed E-state index contributed by atoms with van der Waals surface area (Å²) in [5.41, 5.74) is 3.40. The van der Waals surface area contributed by atoms with Gasteiger partial charge in [0.15, 0.2) is 0 Å². The molecule has 0 saturated heterocycles. The molecule has 0 spiro atoms. The minimum atomic E-state index is -0.943. The molecular weight excluding hydrogens is 308 g/mol. The highest BCUT2D eigenvalue weighted by molar-refractivity contribution is 9.10. The number of anilines is 1. The largest absolute Gasteiger partial charge is 0.478 e. The van der Waals surface area contributed by atoms with Gasteiger partial charge < -0.3 is 10.4 Å². The second-order valence-electron chi connectivity index (χ2n) is 4.16. The third-order valence-corrected chi connectivity index (χ3v) is 3.49. The van der Waals surface area contributed by atoms with Gasteiger partial charge >= 0.3 is 5.97 Å². The number of hydrogen-bond donors (Lipinski definition) is 2. The van der Waals surface area contributed by atoms with Crippen molar-refractivity contribution in [3.8, 4) is 0 Å². The monoisotopic (exact) mass is 320 g/mol. The second kappa shape index (κ2) is 5.84. The quantitative estimate of drug-likeness (QED) is 0.905. The van der Waals surface area contributed by atoms with Crippen molar-refractivity contribution in [2.24, 2.45) is 0 Å². The van der Waals surface area contributed by atoms with Crippen LogP contribution in [0.2, 0.25) is 0 Å². The summed E-state index contributed by atoms with van der Waals surface area (Å²) in [4.78, 5) is 15.0. The molecule has 4 nitrogen and oxygen atoms in total. The zero-order valence-electron chi connectivity index (χ0n) is 10.4. The molecule has 0 unspecified atom stereocenters. The number of aromatic carboxylic acids is 1. The molecule has 0 atom stereocenters. The number of aryl methyl sites for hydroxylation is 1. The van der Waals surface area contributed by atoms with Gasteiger partial charge in [-0.1, -0.05) is 0 Å². The average molecular weight is 321 g/mol. The van der Waals surface area contributed by atoms with Crippen molar-refractivity contribution >= 4 is 27.6 Å². The van der Waals surface area contributed by atoms with Crippen LogP contribution in [-0.2, 0) is 6.54 Å². The van der Waals surface area contributed by atoms with E-state index in [1.165, 1.54) is 5.56 Å². The van der Waals surface area contributed by atoms with Crippen molar-refractivity contribution in [1.29, 1.82) is 0 Å². The van der Waals surface area contributed by atoms with Crippen molar-refractivity contribution in [2.45, 2.75) is 13.5 Å². The Hall–Kier alpha value is -1.88. The Morgan fingerprint density at radius 3 is 2.84 bits per heavy atom. The van der Waals surface area contributed by atoms with Gasteiger partial charge in [0.25, 0.3) is 0 Å². The van der Waals surface area contributed by atoms with E-state index >= 15 is 0 Å². The molecule has 1 heterocycles. The first-order valence-electron chi connectivity index (χ1n) is 5.74. The van der Waals surface area contributed by atoms with Gasteiger partial charge in [-0.3, -0.25) is 4.98 Å². The van der Waals surface area contributed by atoms with Gasteiger partial charge in [0.2, 0.25) is 0 Å². The Labute approximate surface area is 119 Å². The Bertz CT molecular complexity index is 614. The van der Waals surface area contributed by atoms with E-state index in [-0.39, 0.29) is 5.56 Å². The summed E-state index contributed by atoms with van der Waals surface area (Å²) in [5.74, 6) is -0.943. The van der Waals surface area contributed by atoms with E-state index in [0.29, 0.717) is 11.0 Å². The SMILES string of the molecule is Cc1ccncc1CNc1ccc(C(=O)O)c(Br)c1. The number of benzene rings is 1. The van der Waals surface area contributed by atoms with Gasteiger partial charge in [0.05, 0.1) is 5.56 Å². The third kappa shape index (κ3) is 3.32. The summed E-state index contributed by atoms with van der Waals surface area (Å²) < 4.78 is 0.563. The highest BCUT2D eigenvalue weighted by Gasteiger charge is 2.08. The van der Waals surface area contributed by atoms with E-state index in [9.17, 15) is 4.79 Å². The minimum Gasteiger partial charge on any atom is -0.478 e. The Morgan fingerprint density at radius 1 is 1.42 bits per heavy atom. The molecule has 2 N–H and O–H groups in total. The second-order valence-corrected chi connectivity index (χ2v) is 5.01. The first kappa shape index (κ1) is 13.5. The third-order valence-electron chi connectivity index (χ3n) is 2.83. The Kier molecular flexibility index (Phi) is 4.16. The average Bonchev–Trinajstić information content (AvgIpc) is 2.37. The predicted octanol–water partition coefficient (Wildman–Crippen LogP) is 3.46. The van der Waals surface area contributed by atoms with E-state index in [4.69, 9.17) is 5.11 Å². The number of aromatic nitrogens is 1. The number of pyridine rings is 1. The maximum Gasteiger partial charge on any atom is 0.336 e. The number of nitrogens with zero attached hydrogens (tertiary/aromatic N) is 1. The van der Waals surface area contributed by atoms with Crippen molar-refractivity contribution in [3.63, 3.8) is 0 Å². The van der Waals surface area contributed by atoms with Crippen LogP contribution in [0.1, 0.15) is 21.5 Å². The van der Waals surface area contributed by atoms with Crippen LogP contribution in [0.5, 0.6) is 0 Å². The number of hydrogen-bond acceptors (Lipinski definition) is 3. The predicted molar refractivity (Wildman–Crippen MR) is 77.4 cm³/mol. The van der Waals surface area contributed by atoms with E-state index in [1.807, 2.05) is 19.2 Å². The number of nitrogens with one attached hydrogen (secondary N) is 1. The van der Waals surface area contributed by atoms with Crippen molar-refractivity contribution in [2.75, 3.05) is 5.32 Å². The molecule has 19 heavy (non-hydrogen) atoms. The number of carboxylic acids is 1. The number of rotatable bonds is 4. The number of carboxylic acid groups (broad SMARTS) is 1. The molecule has 1 aromatic carbocycles. The maximum absolute atomic E-state index is 10.9. The molecule has 1 aromatic heterocycles. The lowest BCUT2D eigenvalue weighted by atomic mass is 10.1. The topological polar surface area (TPSA) is 62.2 Å². The smallest absolute Gasteiger partial charge is 0.336 e. The van der Waals surface area contributed by atoms with Gasteiger partial charge in [0, 0.05) is 29.1 Å². The molecule has 0 bridgehead atoms. The molecule has 2 aromatic rings. The highest BCUT2D eigenvalue weighted by Crippen LogP contribution is 2.22. The van der Waals surface area contributed by atoms with Crippen LogP contribution in [0.25, 0.3) is 0 Å². The molecular formula is C14H13BrN2O2. The molecule has 5 heteroatoms. The molecule has 0 aliphatic heterocycles. The molecule has 98 valence electrons. The van der Waals surface area contributed by atoms with Crippen LogP contribution in [-0.4, -0.2) is 16.1 Å². The lowest BCUT2D eigenvalue weighted by Gasteiger charge is -2.09. The van der Waals surface area contributed by atoms with Crippen LogP contribution in [0, 0.1) is 6.92 Å². The van der Waals surface area contributed by atoms with Crippen LogP contribution in [0.4, 0.5) is 5.69 Å².